The number of amidine groups is 1. The first-order valence-corrected chi connectivity index (χ1v) is 18.8. The number of amides is 1. The van der Waals surface area contributed by atoms with Gasteiger partial charge in [-0.05, 0) is 83.7 Å². The first kappa shape index (κ1) is 39.1. The molecule has 3 aromatic carbocycles. The highest BCUT2D eigenvalue weighted by molar-refractivity contribution is 9.10. The minimum absolute atomic E-state index is 0.0913. The number of hydrazine groups is 1. The second-order valence-electron chi connectivity index (χ2n) is 12.0. The number of nitrogens with zero attached hydrogens (tertiary/aromatic N) is 4. The number of esters is 1. The van der Waals surface area contributed by atoms with Crippen LogP contribution in [-0.4, -0.2) is 30.4 Å². The topological polar surface area (TPSA) is 95.7 Å². The van der Waals surface area contributed by atoms with E-state index in [0.29, 0.717) is 21.8 Å². The molecular formula is C36H40BrCl4N5O3. The van der Waals surface area contributed by atoms with Crippen molar-refractivity contribution < 1.29 is 14.3 Å². The summed E-state index contributed by atoms with van der Waals surface area (Å²) in [4.78, 5) is 31.5. The largest absolute Gasteiger partial charge is 0.462 e. The summed E-state index contributed by atoms with van der Waals surface area (Å²) in [5, 5.41) is 10.7. The molecule has 8 nitrogen and oxygen atoms in total. The van der Waals surface area contributed by atoms with Gasteiger partial charge in [-0.15, -0.1) is 0 Å². The number of carbonyl (C=O) groups is 2. The van der Waals surface area contributed by atoms with Gasteiger partial charge in [0.25, 0.3) is 5.91 Å². The zero-order valence-electron chi connectivity index (χ0n) is 27.8. The number of aliphatic imine (C=N–C) groups is 1. The Morgan fingerprint density at radius 3 is 2.12 bits per heavy atom. The van der Waals surface area contributed by atoms with Crippen LogP contribution >= 0.6 is 62.3 Å². The maximum atomic E-state index is 13.8. The van der Waals surface area contributed by atoms with Crippen LogP contribution in [0.15, 0.2) is 62.2 Å². The molecule has 262 valence electrons. The molecule has 3 aromatic rings. The van der Waals surface area contributed by atoms with Gasteiger partial charge in [-0.1, -0.05) is 117 Å². The fourth-order valence-corrected chi connectivity index (χ4v) is 7.06. The van der Waals surface area contributed by atoms with Gasteiger partial charge in [0.05, 0.1) is 38.6 Å². The first-order valence-electron chi connectivity index (χ1n) is 16.5. The van der Waals surface area contributed by atoms with Crippen molar-refractivity contribution in [1.82, 2.24) is 5.43 Å². The van der Waals surface area contributed by atoms with Gasteiger partial charge in [0.1, 0.15) is 5.69 Å². The van der Waals surface area contributed by atoms with E-state index in [4.69, 9.17) is 51.1 Å². The van der Waals surface area contributed by atoms with E-state index in [1.54, 1.807) is 12.1 Å². The molecule has 4 rings (SSSR count). The van der Waals surface area contributed by atoms with E-state index in [1.165, 1.54) is 63.1 Å². The number of anilines is 1. The summed E-state index contributed by atoms with van der Waals surface area (Å²) in [6.07, 6.45) is 11.8. The molecule has 1 atom stereocenters. The minimum Gasteiger partial charge on any atom is -0.462 e. The van der Waals surface area contributed by atoms with Gasteiger partial charge in [-0.3, -0.25) is 10.2 Å². The van der Waals surface area contributed by atoms with Gasteiger partial charge >= 0.3 is 5.97 Å². The van der Waals surface area contributed by atoms with Crippen LogP contribution in [-0.2, 0) is 9.53 Å². The number of azo groups is 1. The average molecular weight is 812 g/mol. The molecule has 1 saturated heterocycles. The third-order valence-electron chi connectivity index (χ3n) is 8.15. The normalized spacial score (nSPS) is 15.4. The number of halogens is 5. The Morgan fingerprint density at radius 1 is 0.857 bits per heavy atom. The van der Waals surface area contributed by atoms with Crippen LogP contribution < -0.4 is 10.4 Å². The molecule has 1 fully saturated rings. The molecule has 1 aliphatic rings. The number of rotatable bonds is 16. The van der Waals surface area contributed by atoms with Crippen LogP contribution in [0.3, 0.4) is 0 Å². The average Bonchev–Trinajstić information content (AvgIpc) is 3.34. The third kappa shape index (κ3) is 10.9. The van der Waals surface area contributed by atoms with Gasteiger partial charge in [0, 0.05) is 9.50 Å². The Bertz CT molecular complexity index is 1700. The van der Waals surface area contributed by atoms with E-state index in [-0.39, 0.29) is 37.8 Å². The Morgan fingerprint density at radius 2 is 1.49 bits per heavy atom. The first-order chi connectivity index (χ1) is 23.5. The maximum absolute atomic E-state index is 13.8. The summed E-state index contributed by atoms with van der Waals surface area (Å²) in [6.45, 7) is 6.49. The molecule has 1 N–H and O–H groups in total. The summed E-state index contributed by atoms with van der Waals surface area (Å²) in [5.41, 5.74) is 6.28. The van der Waals surface area contributed by atoms with Crippen molar-refractivity contribution in [3.63, 3.8) is 0 Å². The number of ether oxygens (including phenoxy) is 1. The molecule has 0 spiro atoms. The lowest BCUT2D eigenvalue weighted by Crippen LogP contribution is -2.36. The minimum atomic E-state index is -1.21. The highest BCUT2D eigenvalue weighted by atomic mass is 79.9. The number of carbonyl (C=O) groups excluding carboxylic acids is 2. The van der Waals surface area contributed by atoms with Crippen LogP contribution in [0.25, 0.3) is 0 Å². The molecule has 0 aromatic heterocycles. The third-order valence-corrected chi connectivity index (χ3v) is 9.91. The quantitative estimate of drug-likeness (QED) is 0.0885. The molecule has 1 aliphatic heterocycles. The van der Waals surface area contributed by atoms with Gasteiger partial charge in [0.2, 0.25) is 6.04 Å². The Hall–Kier alpha value is -2.69. The van der Waals surface area contributed by atoms with E-state index >= 15 is 0 Å². The predicted molar refractivity (Wildman–Crippen MR) is 205 cm³/mol. The van der Waals surface area contributed by atoms with Gasteiger partial charge in [0.15, 0.2) is 5.84 Å². The molecular weight excluding hydrogens is 772 g/mol. The van der Waals surface area contributed by atoms with Crippen molar-refractivity contribution >= 4 is 97.1 Å². The van der Waals surface area contributed by atoms with Crippen molar-refractivity contribution in [2.45, 2.75) is 91.0 Å². The number of unbranched alkanes of at least 4 members (excludes halogenated alkanes) is 9. The second-order valence-corrected chi connectivity index (χ2v) is 14.5. The number of benzene rings is 3. The van der Waals surface area contributed by atoms with E-state index < -0.39 is 17.9 Å². The summed E-state index contributed by atoms with van der Waals surface area (Å²) < 4.78 is 6.04. The van der Waals surface area contributed by atoms with Crippen molar-refractivity contribution in [3.05, 3.63) is 83.7 Å². The number of aryl methyl sites for hydroxylation is 2. The van der Waals surface area contributed by atoms with E-state index in [2.05, 4.69) is 43.5 Å². The van der Waals surface area contributed by atoms with Crippen LogP contribution in [0.4, 0.5) is 17.1 Å². The standard InChI is InChI=1S/C36H40BrCl4N5O3/c1-4-5-6-7-8-9-10-11-12-13-16-49-36(48)26-20-31(28(39)21-27(26)37)42-34-32(44-43-25-15-14-22(2)23(3)17-25)35(47)46(45-34)33-29(40)18-24(38)19-30(33)41/h14-15,17-21,32H,4-13,16H2,1-3H3,(H,42,45). The van der Waals surface area contributed by atoms with Crippen LogP contribution in [0, 0.1) is 13.8 Å². The van der Waals surface area contributed by atoms with Crippen LogP contribution in [0.1, 0.15) is 92.6 Å². The zero-order valence-corrected chi connectivity index (χ0v) is 32.4. The lowest BCUT2D eigenvalue weighted by molar-refractivity contribution is -0.117. The Balaban J connectivity index is 1.52. The molecule has 0 radical (unpaired) electrons. The molecule has 0 saturated carbocycles. The van der Waals surface area contributed by atoms with Gasteiger partial charge in [-0.2, -0.15) is 10.2 Å². The van der Waals surface area contributed by atoms with Gasteiger partial charge in [-0.25, -0.2) is 14.8 Å². The monoisotopic (exact) mass is 809 g/mol. The molecule has 1 heterocycles. The van der Waals surface area contributed by atoms with Crippen molar-refractivity contribution in [1.29, 1.82) is 0 Å². The molecule has 1 amide bonds. The van der Waals surface area contributed by atoms with Crippen molar-refractivity contribution in [2.75, 3.05) is 11.6 Å². The summed E-state index contributed by atoms with van der Waals surface area (Å²) in [7, 11) is 0. The van der Waals surface area contributed by atoms with Crippen LogP contribution in [0.5, 0.6) is 0 Å². The molecule has 1 unspecified atom stereocenters. The van der Waals surface area contributed by atoms with E-state index in [9.17, 15) is 9.59 Å². The van der Waals surface area contributed by atoms with Crippen molar-refractivity contribution in [3.8, 4) is 0 Å². The Labute approximate surface area is 316 Å². The predicted octanol–water partition coefficient (Wildman–Crippen LogP) is 12.5. The fraction of sp³-hybridized carbons (Fsp3) is 0.417. The fourth-order valence-electron chi connectivity index (χ4n) is 5.23. The molecule has 13 heteroatoms. The summed E-state index contributed by atoms with van der Waals surface area (Å²) in [6, 6.07) is 10.4. The van der Waals surface area contributed by atoms with Gasteiger partial charge < -0.3 is 4.74 Å². The summed E-state index contributed by atoms with van der Waals surface area (Å²) >= 11 is 29.1. The maximum Gasteiger partial charge on any atom is 0.339 e. The highest BCUT2D eigenvalue weighted by Crippen LogP contribution is 2.39. The molecule has 49 heavy (non-hydrogen) atoms. The lowest BCUT2D eigenvalue weighted by Gasteiger charge is -2.19. The molecule has 0 aliphatic carbocycles. The van der Waals surface area contributed by atoms with E-state index in [0.717, 1.165) is 35.4 Å². The number of nitrogens with one attached hydrogen (secondary N) is 1. The molecule has 0 bridgehead atoms. The van der Waals surface area contributed by atoms with Crippen LogP contribution in [0.2, 0.25) is 20.1 Å². The second kappa shape index (κ2) is 19.1. The SMILES string of the molecule is CCCCCCCCCCCCOC(=O)c1cc(N=C2NN(c3c(Cl)cc(Cl)cc3Cl)C(=O)C2N=Nc2ccc(C)c(C)c2)c(Cl)cc1Br. The number of hydrogen-bond acceptors (Lipinski definition) is 6. The van der Waals surface area contributed by atoms with Crippen molar-refractivity contribution in [2.24, 2.45) is 15.2 Å². The highest BCUT2D eigenvalue weighted by Gasteiger charge is 2.41. The summed E-state index contributed by atoms with van der Waals surface area (Å²) in [5.74, 6) is -0.959. The number of hydrogen-bond donors (Lipinski definition) is 1. The lowest BCUT2D eigenvalue weighted by atomic mass is 10.1. The van der Waals surface area contributed by atoms with E-state index in [1.807, 2.05) is 26.0 Å². The Kier molecular flexibility index (Phi) is 15.2. The zero-order chi connectivity index (χ0) is 35.5. The smallest absolute Gasteiger partial charge is 0.339 e.